The van der Waals surface area contributed by atoms with E-state index in [0.717, 1.165) is 24.0 Å². The maximum Gasteiger partial charge on any atom is 0.0380 e. The Bertz CT molecular complexity index is 374. The monoisotopic (exact) mass is 266 g/mol. The maximum absolute atomic E-state index is 5.62. The van der Waals surface area contributed by atoms with Gasteiger partial charge in [0, 0.05) is 29.8 Å². The van der Waals surface area contributed by atoms with E-state index < -0.39 is 0 Å². The summed E-state index contributed by atoms with van der Waals surface area (Å²) in [4.78, 5) is 2.37. The van der Waals surface area contributed by atoms with Crippen LogP contribution in [0.25, 0.3) is 0 Å². The quantitative estimate of drug-likeness (QED) is 0.834. The minimum atomic E-state index is 0.701. The summed E-state index contributed by atoms with van der Waals surface area (Å²) in [5.74, 6) is 0. The van der Waals surface area contributed by atoms with Gasteiger partial charge in [0.05, 0.1) is 0 Å². The fourth-order valence-corrected chi connectivity index (χ4v) is 2.19. The van der Waals surface area contributed by atoms with E-state index in [1.165, 1.54) is 11.3 Å². The molecule has 1 aliphatic rings. The normalized spacial score (nSPS) is 16.4. The minimum Gasteiger partial charge on any atom is -0.367 e. The van der Waals surface area contributed by atoms with Gasteiger partial charge in [0.2, 0.25) is 0 Å². The molecule has 2 rings (SSSR count). The molecule has 1 aromatic carbocycles. The van der Waals surface area contributed by atoms with E-state index in [-0.39, 0.29) is 0 Å². The summed E-state index contributed by atoms with van der Waals surface area (Å²) in [7, 11) is 0. The highest BCUT2D eigenvalue weighted by Crippen LogP contribution is 2.22. The third-order valence-electron chi connectivity index (χ3n) is 2.74. The molecule has 0 unspecified atom stereocenters. The number of nitrogens with zero attached hydrogens (tertiary/aromatic N) is 1. The Morgan fingerprint density at radius 2 is 2.27 bits per heavy atom. The van der Waals surface area contributed by atoms with E-state index in [1.54, 1.807) is 0 Å². The molecule has 15 heavy (non-hydrogen) atoms. The Hall–Kier alpha value is -0.800. The van der Waals surface area contributed by atoms with Gasteiger partial charge >= 0.3 is 0 Å². The van der Waals surface area contributed by atoms with Gasteiger partial charge in [-0.15, -0.1) is 0 Å². The molecule has 0 spiro atoms. The Balaban J connectivity index is 2.11. The van der Waals surface area contributed by atoms with Gasteiger partial charge in [-0.2, -0.15) is 0 Å². The topological polar surface area (TPSA) is 29.3 Å². The molecule has 0 saturated carbocycles. The predicted molar refractivity (Wildman–Crippen MR) is 68.1 cm³/mol. The van der Waals surface area contributed by atoms with E-state index in [9.17, 15) is 0 Å². The Morgan fingerprint density at radius 3 is 2.87 bits per heavy atom. The highest BCUT2D eigenvalue weighted by Gasteiger charge is 2.11. The molecule has 3 heteroatoms. The van der Waals surface area contributed by atoms with E-state index in [2.05, 4.69) is 51.2 Å². The van der Waals surface area contributed by atoms with Crippen LogP contribution in [0.4, 0.5) is 5.69 Å². The molecular weight excluding hydrogens is 252 g/mol. The second-order valence-electron chi connectivity index (χ2n) is 3.74. The largest absolute Gasteiger partial charge is 0.367 e. The van der Waals surface area contributed by atoms with Gasteiger partial charge in [0.15, 0.2) is 0 Å². The molecule has 80 valence electrons. The van der Waals surface area contributed by atoms with Gasteiger partial charge in [0.25, 0.3) is 0 Å². The second-order valence-corrected chi connectivity index (χ2v) is 4.66. The molecule has 0 bridgehead atoms. The van der Waals surface area contributed by atoms with E-state index in [1.807, 2.05) is 0 Å². The van der Waals surface area contributed by atoms with Crippen LogP contribution in [-0.2, 0) is 0 Å². The molecule has 0 atom stereocenters. The second kappa shape index (κ2) is 4.81. The van der Waals surface area contributed by atoms with Crippen molar-refractivity contribution in [1.29, 1.82) is 0 Å². The fourth-order valence-electron chi connectivity index (χ4n) is 1.80. The first-order valence-electron chi connectivity index (χ1n) is 5.18. The molecule has 0 saturated heterocycles. The first-order chi connectivity index (χ1) is 7.29. The summed E-state index contributed by atoms with van der Waals surface area (Å²) >= 11 is 3.49. The number of hydrogen-bond donors (Lipinski definition) is 1. The third-order valence-corrected chi connectivity index (χ3v) is 3.23. The highest BCUT2D eigenvalue weighted by atomic mass is 79.9. The Kier molecular flexibility index (Phi) is 3.44. The number of nitrogens with two attached hydrogens (primary N) is 1. The van der Waals surface area contributed by atoms with E-state index >= 15 is 0 Å². The predicted octanol–water partition coefficient (Wildman–Crippen LogP) is 2.54. The summed E-state index contributed by atoms with van der Waals surface area (Å²) < 4.78 is 1.13. The van der Waals surface area contributed by atoms with Crippen molar-refractivity contribution in [2.45, 2.75) is 6.42 Å². The lowest BCUT2D eigenvalue weighted by Gasteiger charge is -2.28. The van der Waals surface area contributed by atoms with Crippen molar-refractivity contribution in [1.82, 2.24) is 0 Å². The molecule has 1 aliphatic heterocycles. The molecule has 1 heterocycles. The van der Waals surface area contributed by atoms with Crippen molar-refractivity contribution < 1.29 is 0 Å². The third kappa shape index (κ3) is 2.61. The van der Waals surface area contributed by atoms with Crippen molar-refractivity contribution >= 4 is 21.6 Å². The van der Waals surface area contributed by atoms with Crippen LogP contribution in [0.15, 0.2) is 40.4 Å². The minimum absolute atomic E-state index is 0.701. The summed E-state index contributed by atoms with van der Waals surface area (Å²) in [6.45, 7) is 2.74. The Morgan fingerprint density at radius 1 is 1.40 bits per heavy atom. The van der Waals surface area contributed by atoms with Crippen molar-refractivity contribution in [3.05, 3.63) is 40.4 Å². The number of halogens is 1. The van der Waals surface area contributed by atoms with E-state index in [0.29, 0.717) is 6.54 Å². The first-order valence-corrected chi connectivity index (χ1v) is 5.97. The van der Waals surface area contributed by atoms with Crippen LogP contribution in [0.2, 0.25) is 0 Å². The van der Waals surface area contributed by atoms with Crippen LogP contribution in [0.5, 0.6) is 0 Å². The van der Waals surface area contributed by atoms with Gasteiger partial charge < -0.3 is 10.6 Å². The molecule has 2 nitrogen and oxygen atoms in total. The van der Waals surface area contributed by atoms with Crippen LogP contribution >= 0.6 is 15.9 Å². The number of hydrogen-bond acceptors (Lipinski definition) is 2. The molecule has 0 aliphatic carbocycles. The lowest BCUT2D eigenvalue weighted by molar-refractivity contribution is 0.772. The van der Waals surface area contributed by atoms with Gasteiger partial charge in [-0.25, -0.2) is 0 Å². The van der Waals surface area contributed by atoms with Crippen LogP contribution in [0, 0.1) is 0 Å². The zero-order chi connectivity index (χ0) is 10.7. The molecule has 1 aromatic rings. The molecule has 0 amide bonds. The number of rotatable bonds is 2. The van der Waals surface area contributed by atoms with Gasteiger partial charge in [-0.05, 0) is 24.6 Å². The van der Waals surface area contributed by atoms with Crippen molar-refractivity contribution in [2.75, 3.05) is 24.5 Å². The molecule has 0 radical (unpaired) electrons. The fraction of sp³-hybridized carbons (Fsp3) is 0.333. The standard InChI is InChI=1S/C12H15BrN2/c13-11-2-1-3-12(8-11)15-6-4-10(9-14)5-7-15/h1-4,8H,5-7,9,14H2. The van der Waals surface area contributed by atoms with Crippen molar-refractivity contribution in [2.24, 2.45) is 5.73 Å². The van der Waals surface area contributed by atoms with Gasteiger partial charge in [-0.3, -0.25) is 0 Å². The highest BCUT2D eigenvalue weighted by molar-refractivity contribution is 9.10. The first kappa shape index (κ1) is 10.7. The molecule has 2 N–H and O–H groups in total. The van der Waals surface area contributed by atoms with Gasteiger partial charge in [-0.1, -0.05) is 33.6 Å². The number of anilines is 1. The summed E-state index contributed by atoms with van der Waals surface area (Å²) in [5, 5.41) is 0. The maximum atomic E-state index is 5.62. The van der Waals surface area contributed by atoms with Crippen LogP contribution in [-0.4, -0.2) is 19.6 Å². The molecule has 0 fully saturated rings. The van der Waals surface area contributed by atoms with Crippen LogP contribution in [0.3, 0.4) is 0 Å². The van der Waals surface area contributed by atoms with Crippen LogP contribution < -0.4 is 10.6 Å². The zero-order valence-electron chi connectivity index (χ0n) is 8.62. The average Bonchev–Trinajstić information content (AvgIpc) is 2.29. The summed E-state index contributed by atoms with van der Waals surface area (Å²) in [6.07, 6.45) is 3.33. The van der Waals surface area contributed by atoms with Gasteiger partial charge in [0.1, 0.15) is 0 Å². The molecule has 0 aromatic heterocycles. The van der Waals surface area contributed by atoms with Crippen molar-refractivity contribution in [3.63, 3.8) is 0 Å². The molecular formula is C12H15BrN2. The smallest absolute Gasteiger partial charge is 0.0380 e. The SMILES string of the molecule is NCC1=CCN(c2cccc(Br)c2)CC1. The Labute approximate surface area is 98.9 Å². The van der Waals surface area contributed by atoms with E-state index in [4.69, 9.17) is 5.73 Å². The lowest BCUT2D eigenvalue weighted by atomic mass is 10.1. The summed E-state index contributed by atoms with van der Waals surface area (Å²) in [5.41, 5.74) is 8.27. The summed E-state index contributed by atoms with van der Waals surface area (Å²) in [6, 6.07) is 8.42. The zero-order valence-corrected chi connectivity index (χ0v) is 10.2. The average molecular weight is 267 g/mol. The van der Waals surface area contributed by atoms with Crippen molar-refractivity contribution in [3.8, 4) is 0 Å². The number of benzene rings is 1. The van der Waals surface area contributed by atoms with Crippen LogP contribution in [0.1, 0.15) is 6.42 Å². The lowest BCUT2D eigenvalue weighted by Crippen LogP contribution is -2.29.